The number of aromatic nitrogens is 3. The van der Waals surface area contributed by atoms with E-state index in [0.717, 1.165) is 17.1 Å². The highest BCUT2D eigenvalue weighted by molar-refractivity contribution is 7.99. The van der Waals surface area contributed by atoms with Crippen LogP contribution in [0.3, 0.4) is 0 Å². The summed E-state index contributed by atoms with van der Waals surface area (Å²) in [7, 11) is 3.48. The molecule has 0 saturated heterocycles. The van der Waals surface area contributed by atoms with Crippen LogP contribution in [0.5, 0.6) is 5.75 Å². The molecule has 0 aliphatic carbocycles. The Hall–Kier alpha value is -2.02. The molecule has 0 saturated carbocycles. The zero-order chi connectivity index (χ0) is 14.5. The SMILES string of the molecule is COc1ccc(-c2nnc(SCCC(=O)O)n2C)cc1. The monoisotopic (exact) mass is 293 g/mol. The van der Waals surface area contributed by atoms with Gasteiger partial charge in [0.1, 0.15) is 5.75 Å². The first-order valence-electron chi connectivity index (χ1n) is 6.00. The van der Waals surface area contributed by atoms with Crippen molar-refractivity contribution < 1.29 is 14.6 Å². The molecule has 0 bridgehead atoms. The van der Waals surface area contributed by atoms with Gasteiger partial charge in [-0.15, -0.1) is 10.2 Å². The predicted molar refractivity (Wildman–Crippen MR) is 76.0 cm³/mol. The number of thioether (sulfide) groups is 1. The van der Waals surface area contributed by atoms with E-state index in [4.69, 9.17) is 9.84 Å². The average Bonchev–Trinajstić information content (AvgIpc) is 2.80. The van der Waals surface area contributed by atoms with Crippen molar-refractivity contribution in [2.24, 2.45) is 7.05 Å². The summed E-state index contributed by atoms with van der Waals surface area (Å²) in [5.41, 5.74) is 0.936. The van der Waals surface area contributed by atoms with E-state index >= 15 is 0 Å². The lowest BCUT2D eigenvalue weighted by molar-refractivity contribution is -0.136. The van der Waals surface area contributed by atoms with Gasteiger partial charge in [-0.1, -0.05) is 11.8 Å². The Kier molecular flexibility index (Phi) is 4.62. The van der Waals surface area contributed by atoms with Gasteiger partial charge in [-0.2, -0.15) is 0 Å². The van der Waals surface area contributed by atoms with Gasteiger partial charge < -0.3 is 14.4 Å². The summed E-state index contributed by atoms with van der Waals surface area (Å²) >= 11 is 1.38. The van der Waals surface area contributed by atoms with Crippen molar-refractivity contribution >= 4 is 17.7 Å². The van der Waals surface area contributed by atoms with Crippen LogP contribution in [0.2, 0.25) is 0 Å². The second-order valence-electron chi connectivity index (χ2n) is 4.09. The minimum Gasteiger partial charge on any atom is -0.497 e. The van der Waals surface area contributed by atoms with Gasteiger partial charge >= 0.3 is 5.97 Å². The van der Waals surface area contributed by atoms with Crippen LogP contribution >= 0.6 is 11.8 Å². The number of rotatable bonds is 6. The van der Waals surface area contributed by atoms with Crippen molar-refractivity contribution in [1.29, 1.82) is 0 Å². The normalized spacial score (nSPS) is 10.5. The summed E-state index contributed by atoms with van der Waals surface area (Å²) in [6, 6.07) is 7.55. The standard InChI is InChI=1S/C13H15N3O3S/c1-16-12(9-3-5-10(19-2)6-4-9)14-15-13(16)20-8-7-11(17)18/h3-6H,7-8H2,1-2H3,(H,17,18). The van der Waals surface area contributed by atoms with Gasteiger partial charge in [0, 0.05) is 18.4 Å². The molecular formula is C13H15N3O3S. The number of methoxy groups -OCH3 is 1. The van der Waals surface area contributed by atoms with Crippen molar-refractivity contribution in [3.8, 4) is 17.1 Å². The van der Waals surface area contributed by atoms with Crippen LogP contribution in [-0.4, -0.2) is 38.7 Å². The van der Waals surface area contributed by atoms with Gasteiger partial charge in [-0.25, -0.2) is 0 Å². The molecule has 0 amide bonds. The third kappa shape index (κ3) is 3.30. The second-order valence-corrected chi connectivity index (χ2v) is 5.15. The average molecular weight is 293 g/mol. The molecule has 106 valence electrons. The number of carboxylic acid groups (broad SMARTS) is 1. The topological polar surface area (TPSA) is 77.2 Å². The molecule has 1 aromatic heterocycles. The number of nitrogens with zero attached hydrogens (tertiary/aromatic N) is 3. The number of carbonyl (C=O) groups is 1. The second kappa shape index (κ2) is 6.42. The van der Waals surface area contributed by atoms with Gasteiger partial charge in [-0.05, 0) is 24.3 Å². The Balaban J connectivity index is 2.12. The van der Waals surface area contributed by atoms with Crippen LogP contribution in [0, 0.1) is 0 Å². The van der Waals surface area contributed by atoms with Gasteiger partial charge in [0.25, 0.3) is 0 Å². The maximum absolute atomic E-state index is 10.5. The number of carboxylic acids is 1. The fourth-order valence-electron chi connectivity index (χ4n) is 1.66. The number of hydrogen-bond acceptors (Lipinski definition) is 5. The molecule has 0 aliphatic rings. The molecule has 0 unspecified atom stereocenters. The highest BCUT2D eigenvalue weighted by atomic mass is 32.2. The fourth-order valence-corrected chi connectivity index (χ4v) is 2.50. The van der Waals surface area contributed by atoms with Crippen LogP contribution < -0.4 is 4.74 Å². The van der Waals surface area contributed by atoms with Crippen LogP contribution in [-0.2, 0) is 11.8 Å². The smallest absolute Gasteiger partial charge is 0.304 e. The third-order valence-electron chi connectivity index (χ3n) is 2.73. The Morgan fingerprint density at radius 3 is 2.65 bits per heavy atom. The summed E-state index contributed by atoms with van der Waals surface area (Å²) in [5, 5.41) is 17.6. The van der Waals surface area contributed by atoms with E-state index in [0.29, 0.717) is 10.9 Å². The molecule has 0 fully saturated rings. The molecule has 1 N–H and O–H groups in total. The van der Waals surface area contributed by atoms with Crippen LogP contribution in [0.1, 0.15) is 6.42 Å². The first kappa shape index (κ1) is 14.4. The summed E-state index contributed by atoms with van der Waals surface area (Å²) in [6.45, 7) is 0. The highest BCUT2D eigenvalue weighted by Gasteiger charge is 2.11. The Labute approximate surface area is 120 Å². The number of aliphatic carboxylic acids is 1. The largest absolute Gasteiger partial charge is 0.497 e. The van der Waals surface area contributed by atoms with Gasteiger partial charge in [-0.3, -0.25) is 4.79 Å². The van der Waals surface area contributed by atoms with Crippen LogP contribution in [0.25, 0.3) is 11.4 Å². The number of benzene rings is 1. The molecule has 2 rings (SSSR count). The van der Waals surface area contributed by atoms with E-state index in [1.165, 1.54) is 11.8 Å². The minimum absolute atomic E-state index is 0.107. The molecule has 0 spiro atoms. The van der Waals surface area contributed by atoms with Crippen LogP contribution in [0.15, 0.2) is 29.4 Å². The van der Waals surface area contributed by atoms with Crippen molar-refractivity contribution in [3.63, 3.8) is 0 Å². The van der Waals surface area contributed by atoms with Crippen molar-refractivity contribution in [2.75, 3.05) is 12.9 Å². The van der Waals surface area contributed by atoms with Gasteiger partial charge in [0.15, 0.2) is 11.0 Å². The molecular weight excluding hydrogens is 278 g/mol. The molecule has 2 aromatic rings. The molecule has 6 nitrogen and oxygen atoms in total. The molecule has 0 radical (unpaired) electrons. The van der Waals surface area contributed by atoms with Crippen molar-refractivity contribution in [2.45, 2.75) is 11.6 Å². The lowest BCUT2D eigenvalue weighted by Gasteiger charge is -2.04. The molecule has 0 aliphatic heterocycles. The first-order chi connectivity index (χ1) is 9.61. The maximum atomic E-state index is 10.5. The summed E-state index contributed by atoms with van der Waals surface area (Å²) in [4.78, 5) is 10.5. The minimum atomic E-state index is -0.810. The Morgan fingerprint density at radius 2 is 2.05 bits per heavy atom. The molecule has 20 heavy (non-hydrogen) atoms. The molecule has 1 heterocycles. The molecule has 1 aromatic carbocycles. The predicted octanol–water partition coefficient (Wildman–Crippen LogP) is 2.06. The Morgan fingerprint density at radius 1 is 1.35 bits per heavy atom. The van der Waals surface area contributed by atoms with E-state index in [-0.39, 0.29) is 6.42 Å². The van der Waals surface area contributed by atoms with E-state index in [9.17, 15) is 4.79 Å². The number of hydrogen-bond donors (Lipinski definition) is 1. The van der Waals surface area contributed by atoms with Crippen LogP contribution in [0.4, 0.5) is 0 Å². The maximum Gasteiger partial charge on any atom is 0.304 e. The third-order valence-corrected chi connectivity index (χ3v) is 3.75. The number of ether oxygens (including phenoxy) is 1. The quantitative estimate of drug-likeness (QED) is 0.821. The Bertz CT molecular complexity index is 595. The zero-order valence-electron chi connectivity index (χ0n) is 11.2. The zero-order valence-corrected chi connectivity index (χ0v) is 12.1. The van der Waals surface area contributed by atoms with E-state index in [1.807, 2.05) is 35.9 Å². The van der Waals surface area contributed by atoms with E-state index < -0.39 is 5.97 Å². The lowest BCUT2D eigenvalue weighted by atomic mass is 10.2. The van der Waals surface area contributed by atoms with E-state index in [2.05, 4.69) is 10.2 Å². The highest BCUT2D eigenvalue weighted by Crippen LogP contribution is 2.24. The fraction of sp³-hybridized carbons (Fsp3) is 0.308. The summed E-state index contributed by atoms with van der Waals surface area (Å²) < 4.78 is 6.97. The van der Waals surface area contributed by atoms with Crippen molar-refractivity contribution in [3.05, 3.63) is 24.3 Å². The van der Waals surface area contributed by atoms with Crippen molar-refractivity contribution in [1.82, 2.24) is 14.8 Å². The summed E-state index contributed by atoms with van der Waals surface area (Å²) in [5.74, 6) is 1.19. The van der Waals surface area contributed by atoms with Gasteiger partial charge in [0.05, 0.1) is 13.5 Å². The van der Waals surface area contributed by atoms with E-state index in [1.54, 1.807) is 7.11 Å². The lowest BCUT2D eigenvalue weighted by Crippen LogP contribution is -1.99. The van der Waals surface area contributed by atoms with Gasteiger partial charge in [0.2, 0.25) is 0 Å². The summed E-state index contributed by atoms with van der Waals surface area (Å²) in [6.07, 6.45) is 0.107. The molecule has 0 atom stereocenters. The first-order valence-corrected chi connectivity index (χ1v) is 6.99. The molecule has 7 heteroatoms.